The van der Waals surface area contributed by atoms with Crippen LogP contribution >= 0.6 is 12.6 Å². The lowest BCUT2D eigenvalue weighted by Gasteiger charge is -1.85. The number of aliphatic carboxylic acids is 2. The Morgan fingerprint density at radius 2 is 1.82 bits per heavy atom. The Balaban J connectivity index is 4.13. The molecule has 0 heterocycles. The largest absolute Gasteiger partial charge is 0.478 e. The van der Waals surface area contributed by atoms with Crippen LogP contribution in [0.4, 0.5) is 0 Å². The van der Waals surface area contributed by atoms with Gasteiger partial charge >= 0.3 is 11.9 Å². The lowest BCUT2D eigenvalue weighted by molar-refractivity contribution is -0.132. The smallest absolute Gasteiger partial charge is 0.341 e. The number of allylic oxidation sites excluding steroid dienone is 2. The Morgan fingerprint density at radius 3 is 2.18 bits per heavy atom. The number of carboxylic acids is 2. The lowest BCUT2D eigenvalue weighted by atomic mass is 10.4. The number of thiol groups is 1. The summed E-state index contributed by atoms with van der Waals surface area (Å²) in [4.78, 5) is 19.7. The van der Waals surface area contributed by atoms with Gasteiger partial charge in [-0.3, -0.25) is 0 Å². The standard InChI is InChI=1S/C6H6O4S/c7-5(8)3-1-2-4(11)6(9)10/h1-3,11H,(H,7,8)(H,9,10)/b3-1+,4-2-. The third-order valence-corrected chi connectivity index (χ3v) is 1.05. The molecule has 5 heteroatoms. The highest BCUT2D eigenvalue weighted by atomic mass is 32.1. The van der Waals surface area contributed by atoms with E-state index in [1.165, 1.54) is 0 Å². The van der Waals surface area contributed by atoms with Gasteiger partial charge in [-0.2, -0.15) is 0 Å². The molecule has 0 aliphatic rings. The van der Waals surface area contributed by atoms with E-state index in [2.05, 4.69) is 12.6 Å². The van der Waals surface area contributed by atoms with Crippen molar-refractivity contribution in [2.45, 2.75) is 0 Å². The maximum atomic E-state index is 10.0. The fraction of sp³-hybridized carbons (Fsp3) is 0. The quantitative estimate of drug-likeness (QED) is 0.331. The molecule has 60 valence electrons. The number of carbonyl (C=O) groups is 2. The first-order valence-electron chi connectivity index (χ1n) is 2.57. The number of rotatable bonds is 3. The molecule has 0 fully saturated rings. The first-order valence-corrected chi connectivity index (χ1v) is 3.02. The summed E-state index contributed by atoms with van der Waals surface area (Å²) < 4.78 is 0. The summed E-state index contributed by atoms with van der Waals surface area (Å²) in [7, 11) is 0. The Hall–Kier alpha value is -1.23. The zero-order valence-corrected chi connectivity index (χ0v) is 6.28. The van der Waals surface area contributed by atoms with Crippen molar-refractivity contribution < 1.29 is 19.8 Å². The van der Waals surface area contributed by atoms with Gasteiger partial charge in [0, 0.05) is 6.08 Å². The van der Waals surface area contributed by atoms with Crippen LogP contribution in [0.3, 0.4) is 0 Å². The van der Waals surface area contributed by atoms with Crippen LogP contribution in [0.1, 0.15) is 0 Å². The van der Waals surface area contributed by atoms with Crippen molar-refractivity contribution in [1.82, 2.24) is 0 Å². The Morgan fingerprint density at radius 1 is 1.27 bits per heavy atom. The van der Waals surface area contributed by atoms with E-state index in [-0.39, 0.29) is 4.91 Å². The van der Waals surface area contributed by atoms with Gasteiger partial charge < -0.3 is 10.2 Å². The van der Waals surface area contributed by atoms with Gasteiger partial charge in [-0.25, -0.2) is 9.59 Å². The number of hydrogen-bond donors (Lipinski definition) is 3. The summed E-state index contributed by atoms with van der Waals surface area (Å²) in [6, 6.07) is 0. The van der Waals surface area contributed by atoms with Crippen molar-refractivity contribution >= 4 is 24.6 Å². The molecule has 4 nitrogen and oxygen atoms in total. The van der Waals surface area contributed by atoms with Crippen molar-refractivity contribution in [1.29, 1.82) is 0 Å². The minimum absolute atomic E-state index is 0.206. The van der Waals surface area contributed by atoms with Gasteiger partial charge in [-0.05, 0) is 6.08 Å². The summed E-state index contributed by atoms with van der Waals surface area (Å²) in [5.41, 5.74) is 0. The first kappa shape index (κ1) is 9.77. The highest BCUT2D eigenvalue weighted by Gasteiger charge is 1.97. The number of carboxylic acid groups (broad SMARTS) is 2. The van der Waals surface area contributed by atoms with Crippen LogP contribution in [0.5, 0.6) is 0 Å². The highest BCUT2D eigenvalue weighted by molar-refractivity contribution is 7.85. The maximum absolute atomic E-state index is 10.0. The molecule has 0 aromatic heterocycles. The summed E-state index contributed by atoms with van der Waals surface area (Å²) in [5.74, 6) is -2.32. The van der Waals surface area contributed by atoms with E-state index in [1.54, 1.807) is 0 Å². The summed E-state index contributed by atoms with van der Waals surface area (Å²) >= 11 is 3.54. The van der Waals surface area contributed by atoms with Crippen LogP contribution in [-0.2, 0) is 9.59 Å². The molecule has 0 saturated carbocycles. The van der Waals surface area contributed by atoms with Gasteiger partial charge in [0.15, 0.2) is 0 Å². The van der Waals surface area contributed by atoms with Crippen molar-refractivity contribution in [2.24, 2.45) is 0 Å². The molecule has 0 saturated heterocycles. The summed E-state index contributed by atoms with van der Waals surface area (Å²) in [5, 5.41) is 16.3. The molecule has 0 aliphatic heterocycles. The molecule has 0 aliphatic carbocycles. The molecular formula is C6H6O4S. The third-order valence-electron chi connectivity index (χ3n) is 0.712. The van der Waals surface area contributed by atoms with Crippen LogP contribution in [0.2, 0.25) is 0 Å². The van der Waals surface area contributed by atoms with Crippen LogP contribution < -0.4 is 0 Å². The van der Waals surface area contributed by atoms with Gasteiger partial charge in [0.2, 0.25) is 0 Å². The molecule has 0 atom stereocenters. The van der Waals surface area contributed by atoms with Gasteiger partial charge in [0.05, 0.1) is 4.91 Å². The van der Waals surface area contributed by atoms with Crippen LogP contribution in [-0.4, -0.2) is 22.2 Å². The SMILES string of the molecule is O=C(O)/C=C/C=C(\S)C(=O)O. The van der Waals surface area contributed by atoms with Gasteiger partial charge in [-0.15, -0.1) is 12.6 Å². The molecule has 11 heavy (non-hydrogen) atoms. The minimum atomic E-state index is -1.19. The zero-order valence-electron chi connectivity index (χ0n) is 5.39. The molecule has 0 radical (unpaired) electrons. The second-order valence-corrected chi connectivity index (χ2v) is 2.04. The van der Waals surface area contributed by atoms with Gasteiger partial charge in [0.1, 0.15) is 0 Å². The molecule has 0 aromatic rings. The predicted octanol–water partition coefficient (Wildman–Crippen LogP) is 0.526. The lowest BCUT2D eigenvalue weighted by Crippen LogP contribution is -1.92. The van der Waals surface area contributed by atoms with Crippen molar-refractivity contribution in [3.8, 4) is 0 Å². The number of hydrogen-bond acceptors (Lipinski definition) is 3. The Bertz CT molecular complexity index is 229. The molecule has 0 amide bonds. The molecule has 0 aromatic carbocycles. The van der Waals surface area contributed by atoms with Gasteiger partial charge in [-0.1, -0.05) is 6.08 Å². The molecule has 0 bridgehead atoms. The fourth-order valence-electron chi connectivity index (χ4n) is 0.293. The molecule has 2 N–H and O–H groups in total. The van der Waals surface area contributed by atoms with E-state index < -0.39 is 11.9 Å². The molecular weight excluding hydrogens is 168 g/mol. The highest BCUT2D eigenvalue weighted by Crippen LogP contribution is 1.99. The first-order chi connectivity index (χ1) is 5.04. The van der Waals surface area contributed by atoms with Crippen molar-refractivity contribution in [2.75, 3.05) is 0 Å². The minimum Gasteiger partial charge on any atom is -0.478 e. The average Bonchev–Trinajstić information content (AvgIpc) is 1.86. The fourth-order valence-corrected chi connectivity index (χ4v) is 0.379. The van der Waals surface area contributed by atoms with E-state index in [9.17, 15) is 9.59 Å². The van der Waals surface area contributed by atoms with E-state index in [0.717, 1.165) is 18.2 Å². The van der Waals surface area contributed by atoms with Crippen LogP contribution in [0.15, 0.2) is 23.1 Å². The van der Waals surface area contributed by atoms with Crippen LogP contribution in [0.25, 0.3) is 0 Å². The summed E-state index contributed by atoms with van der Waals surface area (Å²) in [6.07, 6.45) is 3.00. The average molecular weight is 174 g/mol. The molecule has 0 spiro atoms. The van der Waals surface area contributed by atoms with E-state index in [4.69, 9.17) is 10.2 Å². The predicted molar refractivity (Wildman–Crippen MR) is 41.5 cm³/mol. The van der Waals surface area contributed by atoms with E-state index >= 15 is 0 Å². The third kappa shape index (κ3) is 5.23. The van der Waals surface area contributed by atoms with Crippen LogP contribution in [0, 0.1) is 0 Å². The Labute approximate surface area is 68.3 Å². The van der Waals surface area contributed by atoms with Crippen molar-refractivity contribution in [3.05, 3.63) is 23.1 Å². The topological polar surface area (TPSA) is 74.6 Å². The monoisotopic (exact) mass is 174 g/mol. The second kappa shape index (κ2) is 4.56. The molecule has 0 unspecified atom stereocenters. The van der Waals surface area contributed by atoms with E-state index in [1.807, 2.05) is 0 Å². The van der Waals surface area contributed by atoms with E-state index in [0.29, 0.717) is 0 Å². The molecule has 0 rings (SSSR count). The zero-order chi connectivity index (χ0) is 8.85. The normalized spacial score (nSPS) is 11.9. The van der Waals surface area contributed by atoms with Gasteiger partial charge in [0.25, 0.3) is 0 Å². The van der Waals surface area contributed by atoms with Crippen molar-refractivity contribution in [3.63, 3.8) is 0 Å². The second-order valence-electron chi connectivity index (χ2n) is 1.55. The maximum Gasteiger partial charge on any atom is 0.341 e. The Kier molecular flexibility index (Phi) is 4.05. The summed E-state index contributed by atoms with van der Waals surface area (Å²) in [6.45, 7) is 0.